The number of amides is 1. The lowest BCUT2D eigenvalue weighted by atomic mass is 10.0. The Morgan fingerprint density at radius 3 is 2.44 bits per heavy atom. The topological polar surface area (TPSA) is 69.6 Å². The average Bonchev–Trinajstić information content (AvgIpc) is 2.32. The van der Waals surface area contributed by atoms with E-state index in [1.165, 1.54) is 13.0 Å². The third-order valence-electron chi connectivity index (χ3n) is 2.46. The molecule has 0 bridgehead atoms. The summed E-state index contributed by atoms with van der Waals surface area (Å²) in [6.45, 7) is 3.00. The number of hydrogen-bond acceptors (Lipinski definition) is 4. The zero-order valence-corrected chi connectivity index (χ0v) is 9.87. The van der Waals surface area contributed by atoms with Crippen molar-refractivity contribution in [3.05, 3.63) is 23.4 Å². The molecule has 2 N–H and O–H groups in total. The maximum atomic E-state index is 11.7. The normalized spacial score (nSPS) is 25.2. The van der Waals surface area contributed by atoms with Gasteiger partial charge >= 0.3 is 0 Å². The molecule has 0 fully saturated rings. The van der Waals surface area contributed by atoms with Gasteiger partial charge in [0.15, 0.2) is 11.5 Å². The van der Waals surface area contributed by atoms with E-state index >= 15 is 0 Å². The molecule has 1 aliphatic rings. The smallest absolute Gasteiger partial charge is 0.257 e. The Morgan fingerprint density at radius 2 is 2.06 bits per heavy atom. The molecule has 88 valence electrons. The standard InChI is InChI=1S/C11H16N2O3/c1-7-9(8(14)5-6-13(3)4)10(15)12-11(7,2)16/h5-6,16H,1-4H3,(H,12,15)/b6-5+/t11-/m0/s1. The van der Waals surface area contributed by atoms with Gasteiger partial charge in [0.1, 0.15) is 0 Å². The molecule has 0 saturated carbocycles. The number of nitrogens with zero attached hydrogens (tertiary/aromatic N) is 1. The third-order valence-corrected chi connectivity index (χ3v) is 2.46. The van der Waals surface area contributed by atoms with Gasteiger partial charge in [0.2, 0.25) is 0 Å². The van der Waals surface area contributed by atoms with E-state index in [4.69, 9.17) is 0 Å². The average molecular weight is 224 g/mol. The van der Waals surface area contributed by atoms with Crippen LogP contribution < -0.4 is 5.32 Å². The van der Waals surface area contributed by atoms with Gasteiger partial charge in [-0.3, -0.25) is 9.59 Å². The molecule has 1 aliphatic heterocycles. The molecular formula is C11H16N2O3. The van der Waals surface area contributed by atoms with Crippen molar-refractivity contribution in [2.75, 3.05) is 14.1 Å². The van der Waals surface area contributed by atoms with Crippen LogP contribution in [0.1, 0.15) is 13.8 Å². The van der Waals surface area contributed by atoms with Crippen LogP contribution >= 0.6 is 0 Å². The Hall–Kier alpha value is -1.62. The minimum absolute atomic E-state index is 0.0168. The Kier molecular flexibility index (Phi) is 3.19. The molecule has 16 heavy (non-hydrogen) atoms. The molecular weight excluding hydrogens is 208 g/mol. The molecule has 0 aromatic heterocycles. The second kappa shape index (κ2) is 4.09. The Balaban J connectivity index is 3.00. The summed E-state index contributed by atoms with van der Waals surface area (Å²) >= 11 is 0. The highest BCUT2D eigenvalue weighted by Gasteiger charge is 2.39. The number of nitrogens with one attached hydrogen (secondary N) is 1. The van der Waals surface area contributed by atoms with Crippen LogP contribution in [0.4, 0.5) is 0 Å². The summed E-state index contributed by atoms with van der Waals surface area (Å²) < 4.78 is 0. The molecule has 0 aromatic rings. The van der Waals surface area contributed by atoms with Gasteiger partial charge < -0.3 is 15.3 Å². The monoisotopic (exact) mass is 224 g/mol. The van der Waals surface area contributed by atoms with Crippen LogP contribution in [0, 0.1) is 0 Å². The maximum Gasteiger partial charge on any atom is 0.257 e. The van der Waals surface area contributed by atoms with Gasteiger partial charge in [-0.1, -0.05) is 0 Å². The van der Waals surface area contributed by atoms with E-state index in [0.29, 0.717) is 5.57 Å². The lowest BCUT2D eigenvalue weighted by Crippen LogP contribution is -2.40. The summed E-state index contributed by atoms with van der Waals surface area (Å²) in [4.78, 5) is 24.9. The summed E-state index contributed by atoms with van der Waals surface area (Å²) in [6, 6.07) is 0. The van der Waals surface area contributed by atoms with E-state index in [9.17, 15) is 14.7 Å². The van der Waals surface area contributed by atoms with E-state index in [1.54, 1.807) is 32.1 Å². The number of aliphatic hydroxyl groups is 1. The number of carbonyl (C=O) groups excluding carboxylic acids is 2. The van der Waals surface area contributed by atoms with Gasteiger partial charge in [-0.2, -0.15) is 0 Å². The van der Waals surface area contributed by atoms with Crippen molar-refractivity contribution in [2.24, 2.45) is 0 Å². The molecule has 5 heteroatoms. The van der Waals surface area contributed by atoms with Crippen molar-refractivity contribution in [1.82, 2.24) is 10.2 Å². The van der Waals surface area contributed by atoms with Gasteiger partial charge in [0.25, 0.3) is 5.91 Å². The zero-order chi connectivity index (χ0) is 12.5. The van der Waals surface area contributed by atoms with Crippen LogP contribution in [0.15, 0.2) is 23.4 Å². The molecule has 0 aliphatic carbocycles. The fourth-order valence-electron chi connectivity index (χ4n) is 1.39. The summed E-state index contributed by atoms with van der Waals surface area (Å²) in [5, 5.41) is 12.1. The zero-order valence-electron chi connectivity index (χ0n) is 9.87. The third kappa shape index (κ3) is 2.30. The van der Waals surface area contributed by atoms with E-state index in [1.807, 2.05) is 0 Å². The van der Waals surface area contributed by atoms with Crippen molar-refractivity contribution in [1.29, 1.82) is 0 Å². The fraction of sp³-hybridized carbons (Fsp3) is 0.455. The Morgan fingerprint density at radius 1 is 1.50 bits per heavy atom. The summed E-state index contributed by atoms with van der Waals surface area (Å²) in [5.41, 5.74) is -1.05. The van der Waals surface area contributed by atoms with Crippen molar-refractivity contribution in [2.45, 2.75) is 19.6 Å². The van der Waals surface area contributed by atoms with Crippen LogP contribution in [0.3, 0.4) is 0 Å². The second-order valence-corrected chi connectivity index (χ2v) is 4.17. The van der Waals surface area contributed by atoms with Crippen molar-refractivity contribution in [3.63, 3.8) is 0 Å². The lowest BCUT2D eigenvalue weighted by molar-refractivity contribution is -0.122. The number of rotatable bonds is 3. The van der Waals surface area contributed by atoms with Gasteiger partial charge in [-0.05, 0) is 19.4 Å². The highest BCUT2D eigenvalue weighted by atomic mass is 16.3. The number of ketones is 1. The minimum atomic E-state index is -1.42. The predicted octanol–water partition coefficient (Wildman–Crippen LogP) is -0.214. The minimum Gasteiger partial charge on any atom is -0.383 e. The largest absolute Gasteiger partial charge is 0.383 e. The molecule has 0 spiro atoms. The van der Waals surface area contributed by atoms with E-state index in [0.717, 1.165) is 0 Å². The van der Waals surface area contributed by atoms with Gasteiger partial charge in [-0.25, -0.2) is 0 Å². The summed E-state index contributed by atoms with van der Waals surface area (Å²) in [6.07, 6.45) is 2.86. The van der Waals surface area contributed by atoms with Crippen molar-refractivity contribution >= 4 is 11.7 Å². The molecule has 0 unspecified atom stereocenters. The predicted molar refractivity (Wildman–Crippen MR) is 59.3 cm³/mol. The highest BCUT2D eigenvalue weighted by Crippen LogP contribution is 2.24. The maximum absolute atomic E-state index is 11.7. The van der Waals surface area contributed by atoms with Crippen LogP contribution in [-0.2, 0) is 9.59 Å². The second-order valence-electron chi connectivity index (χ2n) is 4.17. The Bertz CT molecular complexity index is 392. The first-order valence-electron chi connectivity index (χ1n) is 4.91. The SMILES string of the molecule is CC1=C(C(=O)/C=C/N(C)C)C(=O)N[C@@]1(C)O. The van der Waals surface area contributed by atoms with Crippen molar-refractivity contribution in [3.8, 4) is 0 Å². The van der Waals surface area contributed by atoms with Crippen molar-refractivity contribution < 1.29 is 14.7 Å². The molecule has 1 amide bonds. The molecule has 0 radical (unpaired) electrons. The fourth-order valence-corrected chi connectivity index (χ4v) is 1.39. The number of carbonyl (C=O) groups is 2. The Labute approximate surface area is 94.4 Å². The number of hydrogen-bond donors (Lipinski definition) is 2. The van der Waals surface area contributed by atoms with E-state index < -0.39 is 17.4 Å². The van der Waals surface area contributed by atoms with Crippen LogP contribution in [-0.4, -0.2) is 41.5 Å². The van der Waals surface area contributed by atoms with Gasteiger partial charge in [0.05, 0.1) is 5.57 Å². The molecule has 0 saturated heterocycles. The first kappa shape index (κ1) is 12.4. The van der Waals surface area contributed by atoms with Gasteiger partial charge in [0, 0.05) is 26.4 Å². The van der Waals surface area contributed by atoms with Crippen LogP contribution in [0.5, 0.6) is 0 Å². The van der Waals surface area contributed by atoms with Crippen LogP contribution in [0.25, 0.3) is 0 Å². The lowest BCUT2D eigenvalue weighted by Gasteiger charge is -2.17. The number of allylic oxidation sites excluding steroid dienone is 1. The molecule has 1 atom stereocenters. The van der Waals surface area contributed by atoms with Gasteiger partial charge in [-0.15, -0.1) is 0 Å². The molecule has 5 nitrogen and oxygen atoms in total. The quantitative estimate of drug-likeness (QED) is 0.514. The highest BCUT2D eigenvalue weighted by molar-refractivity contribution is 6.25. The first-order chi connectivity index (χ1) is 7.25. The van der Waals surface area contributed by atoms with E-state index in [2.05, 4.69) is 5.32 Å². The molecule has 1 rings (SSSR count). The van der Waals surface area contributed by atoms with Crippen LogP contribution in [0.2, 0.25) is 0 Å². The summed E-state index contributed by atoms with van der Waals surface area (Å²) in [7, 11) is 3.55. The molecule has 0 aromatic carbocycles. The summed E-state index contributed by atoms with van der Waals surface area (Å²) in [5.74, 6) is -0.933. The first-order valence-corrected chi connectivity index (χ1v) is 4.91. The van der Waals surface area contributed by atoms with E-state index in [-0.39, 0.29) is 5.57 Å². The molecule has 1 heterocycles.